The monoisotopic (exact) mass is 491 g/mol. The Bertz CT molecular complexity index is 1570. The summed E-state index contributed by atoms with van der Waals surface area (Å²) in [6.45, 7) is 2.57. The number of fused-ring (bicyclic) bond motifs is 2. The summed E-state index contributed by atoms with van der Waals surface area (Å²) in [4.78, 5) is 9.13. The van der Waals surface area contributed by atoms with E-state index in [1.807, 2.05) is 37.3 Å². The Hall–Kier alpha value is -4.32. The molecule has 0 aliphatic carbocycles. The fourth-order valence-corrected chi connectivity index (χ4v) is 4.32. The molecular weight excluding hydrogens is 471 g/mol. The highest BCUT2D eigenvalue weighted by molar-refractivity contribution is 5.81. The molecule has 6 rings (SSSR count). The first-order valence-corrected chi connectivity index (χ1v) is 11.3. The summed E-state index contributed by atoms with van der Waals surface area (Å²) >= 11 is 0. The van der Waals surface area contributed by atoms with Crippen molar-refractivity contribution < 1.29 is 13.2 Å². The molecule has 1 aromatic carbocycles. The van der Waals surface area contributed by atoms with Gasteiger partial charge < -0.3 is 10.6 Å². The van der Waals surface area contributed by atoms with Crippen LogP contribution in [0.4, 0.5) is 24.7 Å². The molecule has 1 aliphatic heterocycles. The lowest BCUT2D eigenvalue weighted by atomic mass is 10.1. The van der Waals surface area contributed by atoms with Crippen molar-refractivity contribution in [2.75, 3.05) is 11.9 Å². The molecule has 0 saturated carbocycles. The van der Waals surface area contributed by atoms with Crippen LogP contribution < -0.4 is 10.6 Å². The molecule has 0 unspecified atom stereocenters. The van der Waals surface area contributed by atoms with Gasteiger partial charge in [0.2, 0.25) is 0 Å². The van der Waals surface area contributed by atoms with E-state index in [1.165, 1.54) is 4.68 Å². The molecule has 0 atom stereocenters. The molecule has 0 bridgehead atoms. The molecule has 5 aromatic rings. The number of anilines is 2. The third kappa shape index (κ3) is 3.94. The van der Waals surface area contributed by atoms with Gasteiger partial charge in [-0.3, -0.25) is 4.57 Å². The van der Waals surface area contributed by atoms with Gasteiger partial charge in [0.25, 0.3) is 0 Å². The SMILES string of the molecule is Cc1ccc(Nc2ccc3c(c2)ncn3-c2cccc(-n3nc(C(F)(F)F)c4c3CCNC4)n2)nn1. The molecule has 0 fully saturated rings. The van der Waals surface area contributed by atoms with Crippen molar-refractivity contribution in [3.8, 4) is 11.6 Å². The van der Waals surface area contributed by atoms with Crippen LogP contribution in [0.1, 0.15) is 22.6 Å². The van der Waals surface area contributed by atoms with E-state index in [4.69, 9.17) is 0 Å². The average molecular weight is 491 g/mol. The maximum absolute atomic E-state index is 13.6. The van der Waals surface area contributed by atoms with E-state index in [0.29, 0.717) is 41.6 Å². The van der Waals surface area contributed by atoms with Crippen LogP contribution in [0.2, 0.25) is 0 Å². The summed E-state index contributed by atoms with van der Waals surface area (Å²) in [6, 6.07) is 14.5. The van der Waals surface area contributed by atoms with Gasteiger partial charge >= 0.3 is 6.18 Å². The lowest BCUT2D eigenvalue weighted by Crippen LogP contribution is -2.26. The molecule has 0 saturated heterocycles. The van der Waals surface area contributed by atoms with E-state index in [-0.39, 0.29) is 12.1 Å². The summed E-state index contributed by atoms with van der Waals surface area (Å²) in [5.74, 6) is 1.45. The molecule has 0 amide bonds. The van der Waals surface area contributed by atoms with Gasteiger partial charge in [-0.25, -0.2) is 14.6 Å². The lowest BCUT2D eigenvalue weighted by Gasteiger charge is -2.16. The van der Waals surface area contributed by atoms with Gasteiger partial charge in [-0.2, -0.15) is 23.4 Å². The van der Waals surface area contributed by atoms with E-state index in [0.717, 1.165) is 16.9 Å². The third-order valence-corrected chi connectivity index (χ3v) is 6.00. The predicted molar refractivity (Wildman–Crippen MR) is 126 cm³/mol. The van der Waals surface area contributed by atoms with Gasteiger partial charge in [0, 0.05) is 30.8 Å². The first-order valence-electron chi connectivity index (χ1n) is 11.3. The molecule has 1 aliphatic rings. The number of pyridine rings is 1. The van der Waals surface area contributed by atoms with Gasteiger partial charge in [-0.15, -0.1) is 5.10 Å². The number of aryl methyl sites for hydroxylation is 1. The maximum Gasteiger partial charge on any atom is 0.435 e. The van der Waals surface area contributed by atoms with Crippen molar-refractivity contribution in [2.45, 2.75) is 26.1 Å². The van der Waals surface area contributed by atoms with Gasteiger partial charge in [-0.05, 0) is 49.4 Å². The Labute approximate surface area is 203 Å². The minimum Gasteiger partial charge on any atom is -0.339 e. The number of nitrogens with one attached hydrogen (secondary N) is 2. The Balaban J connectivity index is 1.36. The molecule has 9 nitrogen and oxygen atoms in total. The van der Waals surface area contributed by atoms with Crippen molar-refractivity contribution in [1.29, 1.82) is 0 Å². The molecule has 0 radical (unpaired) electrons. The maximum atomic E-state index is 13.6. The van der Waals surface area contributed by atoms with E-state index in [1.54, 1.807) is 29.1 Å². The zero-order valence-corrected chi connectivity index (χ0v) is 19.1. The minimum atomic E-state index is -4.54. The third-order valence-electron chi connectivity index (χ3n) is 6.00. The van der Waals surface area contributed by atoms with Crippen molar-refractivity contribution in [1.82, 2.24) is 39.8 Å². The van der Waals surface area contributed by atoms with Crippen molar-refractivity contribution in [3.05, 3.63) is 77.5 Å². The van der Waals surface area contributed by atoms with Gasteiger partial charge in [0.15, 0.2) is 17.3 Å². The van der Waals surface area contributed by atoms with E-state index in [2.05, 4.69) is 35.9 Å². The number of imidazole rings is 1. The fourth-order valence-electron chi connectivity index (χ4n) is 4.32. The summed E-state index contributed by atoms with van der Waals surface area (Å²) in [5, 5.41) is 18.3. The van der Waals surface area contributed by atoms with E-state index >= 15 is 0 Å². The molecule has 4 aromatic heterocycles. The van der Waals surface area contributed by atoms with Crippen molar-refractivity contribution in [3.63, 3.8) is 0 Å². The minimum absolute atomic E-state index is 0.126. The van der Waals surface area contributed by atoms with Crippen LogP contribution in [-0.2, 0) is 19.1 Å². The van der Waals surface area contributed by atoms with Gasteiger partial charge in [-0.1, -0.05) is 6.07 Å². The Morgan fingerprint density at radius 2 is 1.89 bits per heavy atom. The Morgan fingerprint density at radius 1 is 1.03 bits per heavy atom. The Kier molecular flexibility index (Phi) is 5.18. The number of aromatic nitrogens is 7. The number of hydrogen-bond donors (Lipinski definition) is 2. The molecule has 5 heterocycles. The van der Waals surface area contributed by atoms with Crippen LogP contribution in [0, 0.1) is 6.92 Å². The highest BCUT2D eigenvalue weighted by Crippen LogP contribution is 2.34. The zero-order chi connectivity index (χ0) is 24.9. The van der Waals surface area contributed by atoms with Gasteiger partial charge in [0.1, 0.15) is 12.1 Å². The Morgan fingerprint density at radius 3 is 2.69 bits per heavy atom. The van der Waals surface area contributed by atoms with E-state index < -0.39 is 11.9 Å². The molecular formula is C24H20F3N9. The van der Waals surface area contributed by atoms with Crippen molar-refractivity contribution in [2.24, 2.45) is 0 Å². The van der Waals surface area contributed by atoms with Crippen LogP contribution in [0.25, 0.3) is 22.7 Å². The highest BCUT2D eigenvalue weighted by atomic mass is 19.4. The molecule has 36 heavy (non-hydrogen) atoms. The quantitative estimate of drug-likeness (QED) is 0.390. The molecule has 2 N–H and O–H groups in total. The van der Waals surface area contributed by atoms with Crippen LogP contribution in [-0.4, -0.2) is 41.1 Å². The molecule has 12 heteroatoms. The number of halogens is 3. The van der Waals surface area contributed by atoms with Crippen LogP contribution in [0.15, 0.2) is 54.9 Å². The molecule has 0 spiro atoms. The predicted octanol–water partition coefficient (Wildman–Crippen LogP) is 4.11. The molecule has 182 valence electrons. The number of benzene rings is 1. The average Bonchev–Trinajstić information content (AvgIpc) is 3.47. The second-order valence-electron chi connectivity index (χ2n) is 8.47. The highest BCUT2D eigenvalue weighted by Gasteiger charge is 2.40. The number of nitrogens with zero attached hydrogens (tertiary/aromatic N) is 7. The largest absolute Gasteiger partial charge is 0.435 e. The second kappa shape index (κ2) is 8.41. The summed E-state index contributed by atoms with van der Waals surface area (Å²) in [6.07, 6.45) is -2.47. The number of rotatable bonds is 4. The first-order chi connectivity index (χ1) is 17.4. The van der Waals surface area contributed by atoms with Crippen LogP contribution in [0.5, 0.6) is 0 Å². The smallest absolute Gasteiger partial charge is 0.339 e. The summed E-state index contributed by atoms with van der Waals surface area (Å²) in [5.41, 5.74) is 2.96. The standard InChI is InChI=1S/C24H20F3N9/c1-14-5-8-20(33-32-14)30-15-6-7-19-17(11-15)29-13-35(19)21-3-2-4-22(31-21)36-18-9-10-28-12-16(18)23(34-36)24(25,26)27/h2-8,11,13,28H,9-10,12H2,1H3,(H,30,33). The lowest BCUT2D eigenvalue weighted by molar-refractivity contribution is -0.142. The number of hydrogen-bond acceptors (Lipinski definition) is 7. The first kappa shape index (κ1) is 22.2. The van der Waals surface area contributed by atoms with Crippen LogP contribution in [0.3, 0.4) is 0 Å². The zero-order valence-electron chi connectivity index (χ0n) is 19.1. The normalized spacial score (nSPS) is 13.7. The van der Waals surface area contributed by atoms with E-state index in [9.17, 15) is 13.2 Å². The second-order valence-corrected chi connectivity index (χ2v) is 8.47. The summed E-state index contributed by atoms with van der Waals surface area (Å²) in [7, 11) is 0. The summed E-state index contributed by atoms with van der Waals surface area (Å²) < 4.78 is 44.0. The topological polar surface area (TPSA) is 98.4 Å². The van der Waals surface area contributed by atoms with Crippen LogP contribution >= 0.6 is 0 Å². The van der Waals surface area contributed by atoms with Crippen molar-refractivity contribution >= 4 is 22.5 Å². The fraction of sp³-hybridized carbons (Fsp3) is 0.208. The number of alkyl halides is 3. The van der Waals surface area contributed by atoms with Gasteiger partial charge in [0.05, 0.1) is 22.4 Å².